The van der Waals surface area contributed by atoms with Gasteiger partial charge in [-0.05, 0) is 25.7 Å². The van der Waals surface area contributed by atoms with Crippen LogP contribution in [0.2, 0.25) is 0 Å². The first-order chi connectivity index (χ1) is 8.97. The third-order valence-corrected chi connectivity index (χ3v) is 5.57. The molecule has 108 valence electrons. The molecule has 19 heavy (non-hydrogen) atoms. The highest BCUT2D eigenvalue weighted by atomic mass is 32.1. The van der Waals surface area contributed by atoms with Crippen molar-refractivity contribution in [3.8, 4) is 0 Å². The molecule has 3 heteroatoms. The van der Waals surface area contributed by atoms with Gasteiger partial charge in [0.1, 0.15) is 0 Å². The van der Waals surface area contributed by atoms with E-state index in [1.807, 2.05) is 17.5 Å². The van der Waals surface area contributed by atoms with Gasteiger partial charge >= 0.3 is 0 Å². The lowest BCUT2D eigenvalue weighted by atomic mass is 9.84. The van der Waals surface area contributed by atoms with E-state index in [-0.39, 0.29) is 5.41 Å². The van der Waals surface area contributed by atoms with E-state index in [0.29, 0.717) is 6.04 Å². The molecule has 1 aromatic rings. The minimum absolute atomic E-state index is 0.178. The zero-order valence-electron chi connectivity index (χ0n) is 12.8. The second-order valence-corrected chi connectivity index (χ2v) is 8.06. The van der Waals surface area contributed by atoms with Crippen molar-refractivity contribution in [3.05, 3.63) is 16.1 Å². The number of hydrogen-bond acceptors (Lipinski definition) is 3. The van der Waals surface area contributed by atoms with Gasteiger partial charge in [-0.1, -0.05) is 40.0 Å². The summed E-state index contributed by atoms with van der Waals surface area (Å²) in [5.41, 5.74) is 0.178. The molecule has 1 heterocycles. The normalized spacial score (nSPS) is 19.6. The van der Waals surface area contributed by atoms with Crippen LogP contribution in [0.4, 0.5) is 0 Å². The molecule has 2 rings (SSSR count). The van der Waals surface area contributed by atoms with Crippen molar-refractivity contribution in [1.29, 1.82) is 0 Å². The average Bonchev–Trinajstić information content (AvgIpc) is 2.86. The van der Waals surface area contributed by atoms with Gasteiger partial charge in [-0.15, -0.1) is 11.3 Å². The minimum atomic E-state index is 0.178. The maximum absolute atomic E-state index is 4.56. The number of nitrogens with zero attached hydrogens (tertiary/aromatic N) is 1. The van der Waals surface area contributed by atoms with Gasteiger partial charge in [0.2, 0.25) is 0 Å². The van der Waals surface area contributed by atoms with Gasteiger partial charge in [-0.25, -0.2) is 4.98 Å². The quantitative estimate of drug-likeness (QED) is 0.878. The van der Waals surface area contributed by atoms with E-state index in [1.165, 1.54) is 42.0 Å². The number of rotatable bonds is 4. The van der Waals surface area contributed by atoms with Gasteiger partial charge in [0, 0.05) is 29.1 Å². The van der Waals surface area contributed by atoms with E-state index in [2.05, 4.69) is 38.0 Å². The van der Waals surface area contributed by atoms with Crippen molar-refractivity contribution in [1.82, 2.24) is 10.3 Å². The Kier molecular flexibility index (Phi) is 5.02. The molecule has 0 saturated heterocycles. The molecule has 0 aliphatic heterocycles. The fraction of sp³-hybridized carbons (Fsp3) is 0.812. The molecule has 2 nitrogen and oxygen atoms in total. The Balaban J connectivity index is 1.83. The Morgan fingerprint density at radius 2 is 2.00 bits per heavy atom. The van der Waals surface area contributed by atoms with Crippen molar-refractivity contribution in [2.45, 2.75) is 77.8 Å². The molecule has 0 spiro atoms. The van der Waals surface area contributed by atoms with Crippen LogP contribution in [0, 0.1) is 5.92 Å². The highest BCUT2D eigenvalue weighted by molar-refractivity contribution is 7.11. The lowest BCUT2D eigenvalue weighted by molar-refractivity contribution is 0.281. The lowest BCUT2D eigenvalue weighted by Crippen LogP contribution is -2.34. The number of nitrogens with one attached hydrogen (secondary N) is 1. The topological polar surface area (TPSA) is 24.9 Å². The van der Waals surface area contributed by atoms with Gasteiger partial charge in [0.25, 0.3) is 0 Å². The summed E-state index contributed by atoms with van der Waals surface area (Å²) in [5.74, 6) is 0.878. The van der Waals surface area contributed by atoms with E-state index >= 15 is 0 Å². The van der Waals surface area contributed by atoms with Crippen LogP contribution in [0.1, 0.15) is 69.7 Å². The van der Waals surface area contributed by atoms with Crippen LogP contribution < -0.4 is 5.32 Å². The predicted octanol–water partition coefficient (Wildman–Crippen LogP) is 4.50. The van der Waals surface area contributed by atoms with E-state index < -0.39 is 0 Å². The molecule has 1 aliphatic carbocycles. The molecule has 0 aromatic carbocycles. The zero-order valence-corrected chi connectivity index (χ0v) is 13.6. The van der Waals surface area contributed by atoms with E-state index in [4.69, 9.17) is 0 Å². The third-order valence-electron chi connectivity index (χ3n) is 4.15. The van der Waals surface area contributed by atoms with Crippen LogP contribution in [-0.2, 0) is 12.0 Å². The van der Waals surface area contributed by atoms with Crippen molar-refractivity contribution in [2.24, 2.45) is 5.92 Å². The maximum atomic E-state index is 4.56. The number of thiazole rings is 1. The standard InChI is InChI=1S/C16H28N2S/c1-12(13-8-6-5-7-9-13)17-10-14-11-18-15(19-14)16(2,3)4/h11-13,17H,5-10H2,1-4H3/t12-/m1/s1. The lowest BCUT2D eigenvalue weighted by Gasteiger charge is -2.28. The molecular weight excluding hydrogens is 252 g/mol. The van der Waals surface area contributed by atoms with Gasteiger partial charge < -0.3 is 5.32 Å². The molecule has 0 bridgehead atoms. The molecule has 0 radical (unpaired) electrons. The first-order valence-electron chi connectivity index (χ1n) is 7.65. The molecule has 1 saturated carbocycles. The van der Waals surface area contributed by atoms with Crippen LogP contribution in [0.25, 0.3) is 0 Å². The smallest absolute Gasteiger partial charge is 0.0981 e. The SMILES string of the molecule is C[C@@H](NCc1cnc(C(C)(C)C)s1)C1CCCCC1. The Bertz CT molecular complexity index is 386. The fourth-order valence-electron chi connectivity index (χ4n) is 2.80. The first-order valence-corrected chi connectivity index (χ1v) is 8.47. The summed E-state index contributed by atoms with van der Waals surface area (Å²) in [6.07, 6.45) is 9.14. The average molecular weight is 280 g/mol. The van der Waals surface area contributed by atoms with Gasteiger partial charge in [0.05, 0.1) is 5.01 Å². The summed E-state index contributed by atoms with van der Waals surface area (Å²) < 4.78 is 0. The number of hydrogen-bond donors (Lipinski definition) is 1. The second-order valence-electron chi connectivity index (χ2n) is 6.95. The Hall–Kier alpha value is -0.410. The van der Waals surface area contributed by atoms with Crippen molar-refractivity contribution < 1.29 is 0 Å². The highest BCUT2D eigenvalue weighted by Crippen LogP contribution is 2.28. The molecular formula is C16H28N2S. The van der Waals surface area contributed by atoms with Crippen LogP contribution in [-0.4, -0.2) is 11.0 Å². The summed E-state index contributed by atoms with van der Waals surface area (Å²) in [6.45, 7) is 10.0. The van der Waals surface area contributed by atoms with E-state index in [0.717, 1.165) is 12.5 Å². The zero-order chi connectivity index (χ0) is 13.9. The Labute approximate surface area is 122 Å². The third kappa shape index (κ3) is 4.28. The van der Waals surface area contributed by atoms with Gasteiger partial charge in [0.15, 0.2) is 0 Å². The monoisotopic (exact) mass is 280 g/mol. The van der Waals surface area contributed by atoms with Crippen LogP contribution in [0.3, 0.4) is 0 Å². The summed E-state index contributed by atoms with van der Waals surface area (Å²) in [4.78, 5) is 5.92. The Morgan fingerprint density at radius 3 is 2.58 bits per heavy atom. The molecule has 1 fully saturated rings. The van der Waals surface area contributed by atoms with Gasteiger partial charge in [-0.3, -0.25) is 0 Å². The molecule has 1 N–H and O–H groups in total. The van der Waals surface area contributed by atoms with Crippen molar-refractivity contribution >= 4 is 11.3 Å². The van der Waals surface area contributed by atoms with E-state index in [1.54, 1.807) is 0 Å². The van der Waals surface area contributed by atoms with Crippen molar-refractivity contribution in [3.63, 3.8) is 0 Å². The summed E-state index contributed by atoms with van der Waals surface area (Å²) in [7, 11) is 0. The molecule has 1 atom stereocenters. The molecule has 1 aromatic heterocycles. The molecule has 1 aliphatic rings. The largest absolute Gasteiger partial charge is 0.309 e. The van der Waals surface area contributed by atoms with Crippen LogP contribution >= 0.6 is 11.3 Å². The predicted molar refractivity (Wildman–Crippen MR) is 83.7 cm³/mol. The van der Waals surface area contributed by atoms with E-state index in [9.17, 15) is 0 Å². The second kappa shape index (κ2) is 6.36. The first kappa shape index (κ1) is 15.0. The summed E-state index contributed by atoms with van der Waals surface area (Å²) in [6, 6.07) is 0.639. The minimum Gasteiger partial charge on any atom is -0.309 e. The Morgan fingerprint density at radius 1 is 1.32 bits per heavy atom. The van der Waals surface area contributed by atoms with Crippen LogP contribution in [0.5, 0.6) is 0 Å². The fourth-order valence-corrected chi connectivity index (χ4v) is 3.72. The summed E-state index contributed by atoms with van der Waals surface area (Å²) >= 11 is 1.85. The molecule has 0 unspecified atom stereocenters. The van der Waals surface area contributed by atoms with Gasteiger partial charge in [-0.2, -0.15) is 0 Å². The highest BCUT2D eigenvalue weighted by Gasteiger charge is 2.21. The van der Waals surface area contributed by atoms with Crippen LogP contribution in [0.15, 0.2) is 6.20 Å². The molecule has 0 amide bonds. The maximum Gasteiger partial charge on any atom is 0.0981 e. The van der Waals surface area contributed by atoms with Crippen molar-refractivity contribution in [2.75, 3.05) is 0 Å². The summed E-state index contributed by atoms with van der Waals surface area (Å²) in [5, 5.41) is 4.95. The number of aromatic nitrogens is 1.